The van der Waals surface area contributed by atoms with Gasteiger partial charge in [-0.1, -0.05) is 0 Å². The van der Waals surface area contributed by atoms with Crippen LogP contribution in [0, 0.1) is 11.8 Å². The molecule has 2 nitrogen and oxygen atoms in total. The zero-order valence-corrected chi connectivity index (χ0v) is 5.78. The van der Waals surface area contributed by atoms with E-state index < -0.39 is 23.6 Å². The number of alkyl halides is 3. The molecule has 1 rings (SSSR count). The number of halogens is 5. The quantitative estimate of drug-likeness (QED) is 0.564. The van der Waals surface area contributed by atoms with Gasteiger partial charge in [-0.15, -0.1) is 0 Å². The van der Waals surface area contributed by atoms with E-state index >= 15 is 0 Å². The van der Waals surface area contributed by atoms with Crippen molar-refractivity contribution in [2.24, 2.45) is 7.05 Å². The van der Waals surface area contributed by atoms with Gasteiger partial charge in [-0.05, 0) is 0 Å². The molecule has 1 aromatic heterocycles. The molecule has 0 saturated carbocycles. The standard InChI is InChI=1S/C5H3F5N2/c1-12-4(7)2(6)3(11-12)5(8,9)10/h1H3. The molecule has 0 amide bonds. The zero-order valence-electron chi connectivity index (χ0n) is 5.78. The maximum atomic E-state index is 12.3. The highest BCUT2D eigenvalue weighted by Crippen LogP contribution is 2.30. The topological polar surface area (TPSA) is 17.8 Å². The molecule has 0 aliphatic heterocycles. The maximum absolute atomic E-state index is 12.3. The largest absolute Gasteiger partial charge is 0.438 e. The summed E-state index contributed by atoms with van der Waals surface area (Å²) in [5.74, 6) is -3.59. The van der Waals surface area contributed by atoms with E-state index in [1.807, 2.05) is 0 Å². The molecule has 1 heterocycles. The predicted octanol–water partition coefficient (Wildman–Crippen LogP) is 1.72. The van der Waals surface area contributed by atoms with Crippen molar-refractivity contribution in [1.82, 2.24) is 9.78 Å². The molecule has 12 heavy (non-hydrogen) atoms. The normalized spacial score (nSPS) is 12.2. The van der Waals surface area contributed by atoms with Crippen molar-refractivity contribution in [2.75, 3.05) is 0 Å². The molecule has 7 heteroatoms. The van der Waals surface area contributed by atoms with Gasteiger partial charge in [0.1, 0.15) is 0 Å². The average molecular weight is 186 g/mol. The first-order valence-electron chi connectivity index (χ1n) is 2.79. The van der Waals surface area contributed by atoms with Crippen LogP contribution in [0.2, 0.25) is 0 Å². The Morgan fingerprint density at radius 3 is 1.92 bits per heavy atom. The predicted molar refractivity (Wildman–Crippen MR) is 28.1 cm³/mol. The number of hydrogen-bond acceptors (Lipinski definition) is 1. The Labute approximate surface area is 63.6 Å². The van der Waals surface area contributed by atoms with E-state index in [0.29, 0.717) is 0 Å². The molecule has 0 radical (unpaired) electrons. The Kier molecular flexibility index (Phi) is 1.81. The molecule has 0 aromatic carbocycles. The van der Waals surface area contributed by atoms with E-state index in [9.17, 15) is 22.0 Å². The summed E-state index contributed by atoms with van der Waals surface area (Å²) < 4.78 is 60.1. The molecule has 0 fully saturated rings. The second kappa shape index (κ2) is 2.43. The van der Waals surface area contributed by atoms with Crippen molar-refractivity contribution >= 4 is 0 Å². The van der Waals surface area contributed by atoms with Crippen LogP contribution in [0.4, 0.5) is 22.0 Å². The van der Waals surface area contributed by atoms with Crippen LogP contribution < -0.4 is 0 Å². The van der Waals surface area contributed by atoms with Gasteiger partial charge in [0.05, 0.1) is 0 Å². The first-order valence-corrected chi connectivity index (χ1v) is 2.79. The zero-order chi connectivity index (χ0) is 9.52. The number of aromatic nitrogens is 2. The number of nitrogens with zero attached hydrogens (tertiary/aromatic N) is 2. The highest BCUT2D eigenvalue weighted by molar-refractivity contribution is 5.08. The van der Waals surface area contributed by atoms with Gasteiger partial charge in [0.25, 0.3) is 0 Å². The maximum Gasteiger partial charge on any atom is 0.438 e. The third-order valence-electron chi connectivity index (χ3n) is 1.19. The lowest BCUT2D eigenvalue weighted by Gasteiger charge is -1.99. The van der Waals surface area contributed by atoms with Crippen LogP contribution in [0.5, 0.6) is 0 Å². The smallest absolute Gasteiger partial charge is 0.240 e. The third kappa shape index (κ3) is 1.26. The van der Waals surface area contributed by atoms with Gasteiger partial charge >= 0.3 is 6.18 Å². The molecule has 0 spiro atoms. The van der Waals surface area contributed by atoms with E-state index in [1.165, 1.54) is 0 Å². The van der Waals surface area contributed by atoms with Gasteiger partial charge in [-0.25, -0.2) is 4.68 Å². The lowest BCUT2D eigenvalue weighted by molar-refractivity contribution is -0.143. The van der Waals surface area contributed by atoms with Crippen LogP contribution in [0.1, 0.15) is 5.69 Å². The SMILES string of the molecule is Cn1nc(C(F)(F)F)c(F)c1F. The molecular formula is C5H3F5N2. The van der Waals surface area contributed by atoms with Crippen molar-refractivity contribution in [3.8, 4) is 0 Å². The van der Waals surface area contributed by atoms with Crippen molar-refractivity contribution in [2.45, 2.75) is 6.18 Å². The van der Waals surface area contributed by atoms with Crippen molar-refractivity contribution < 1.29 is 22.0 Å². The van der Waals surface area contributed by atoms with Crippen molar-refractivity contribution in [3.05, 3.63) is 17.5 Å². The second-order valence-corrected chi connectivity index (χ2v) is 2.07. The molecule has 1 aromatic rings. The summed E-state index contributed by atoms with van der Waals surface area (Å²) in [5, 5.41) is 2.62. The summed E-state index contributed by atoms with van der Waals surface area (Å²) in [5.41, 5.74) is -1.83. The third-order valence-corrected chi connectivity index (χ3v) is 1.19. The van der Waals surface area contributed by atoms with E-state index in [0.717, 1.165) is 7.05 Å². The molecule has 0 aliphatic carbocycles. The van der Waals surface area contributed by atoms with Gasteiger partial charge in [-0.3, -0.25) is 0 Å². The first-order chi connectivity index (χ1) is 5.34. The fourth-order valence-corrected chi connectivity index (χ4v) is 0.659. The molecule has 68 valence electrons. The summed E-state index contributed by atoms with van der Waals surface area (Å²) in [7, 11) is 0.883. The van der Waals surface area contributed by atoms with Crippen LogP contribution in [-0.2, 0) is 13.2 Å². The summed E-state index contributed by atoms with van der Waals surface area (Å²) in [4.78, 5) is 0. The average Bonchev–Trinajstić information content (AvgIpc) is 2.15. The Bertz CT molecular complexity index is 300. The Hall–Kier alpha value is -1.14. The fourth-order valence-electron chi connectivity index (χ4n) is 0.659. The highest BCUT2D eigenvalue weighted by atomic mass is 19.4. The molecular weight excluding hydrogens is 183 g/mol. The van der Waals surface area contributed by atoms with Gasteiger partial charge in [0.15, 0.2) is 0 Å². The Balaban J connectivity index is 3.28. The lowest BCUT2D eigenvalue weighted by Crippen LogP contribution is -2.08. The Morgan fingerprint density at radius 2 is 1.75 bits per heavy atom. The van der Waals surface area contributed by atoms with Gasteiger partial charge in [0.2, 0.25) is 17.5 Å². The molecule has 0 N–H and O–H groups in total. The van der Waals surface area contributed by atoms with Crippen LogP contribution in [0.25, 0.3) is 0 Å². The van der Waals surface area contributed by atoms with Crippen LogP contribution >= 0.6 is 0 Å². The minimum Gasteiger partial charge on any atom is -0.240 e. The number of aryl methyl sites for hydroxylation is 1. The minimum atomic E-state index is -4.95. The van der Waals surface area contributed by atoms with Gasteiger partial charge in [-0.2, -0.15) is 27.1 Å². The van der Waals surface area contributed by atoms with Crippen LogP contribution in [-0.4, -0.2) is 9.78 Å². The number of hydrogen-bond donors (Lipinski definition) is 0. The van der Waals surface area contributed by atoms with Crippen LogP contribution in [0.3, 0.4) is 0 Å². The highest BCUT2D eigenvalue weighted by Gasteiger charge is 2.39. The molecule has 0 bridgehead atoms. The molecule has 0 saturated heterocycles. The molecule has 0 aliphatic rings. The first kappa shape index (κ1) is 8.95. The van der Waals surface area contributed by atoms with Gasteiger partial charge in [0, 0.05) is 7.05 Å². The lowest BCUT2D eigenvalue weighted by atomic mass is 10.4. The molecule has 0 unspecified atom stereocenters. The number of rotatable bonds is 0. The van der Waals surface area contributed by atoms with Crippen molar-refractivity contribution in [1.29, 1.82) is 0 Å². The van der Waals surface area contributed by atoms with Crippen LogP contribution in [0.15, 0.2) is 0 Å². The summed E-state index contributed by atoms with van der Waals surface area (Å²) >= 11 is 0. The monoisotopic (exact) mass is 186 g/mol. The summed E-state index contributed by atoms with van der Waals surface area (Å²) in [6.07, 6.45) is -4.95. The fraction of sp³-hybridized carbons (Fsp3) is 0.400. The Morgan fingerprint density at radius 1 is 1.25 bits per heavy atom. The van der Waals surface area contributed by atoms with Gasteiger partial charge < -0.3 is 0 Å². The minimum absolute atomic E-state index is 0.193. The molecule has 0 atom stereocenters. The summed E-state index contributed by atoms with van der Waals surface area (Å²) in [6.45, 7) is 0. The van der Waals surface area contributed by atoms with E-state index in [1.54, 1.807) is 0 Å². The van der Waals surface area contributed by atoms with E-state index in [2.05, 4.69) is 5.10 Å². The second-order valence-electron chi connectivity index (χ2n) is 2.07. The van der Waals surface area contributed by atoms with Crippen molar-refractivity contribution in [3.63, 3.8) is 0 Å². The van der Waals surface area contributed by atoms with E-state index in [4.69, 9.17) is 0 Å². The summed E-state index contributed by atoms with van der Waals surface area (Å²) in [6, 6.07) is 0. The van der Waals surface area contributed by atoms with E-state index in [-0.39, 0.29) is 4.68 Å².